The molecule has 0 heterocycles. The van der Waals surface area contributed by atoms with Crippen molar-refractivity contribution >= 4 is 0 Å². The van der Waals surface area contributed by atoms with Gasteiger partial charge in [-0.2, -0.15) is 0 Å². The second-order valence-corrected chi connectivity index (χ2v) is 3.36. The molecule has 0 amide bonds. The van der Waals surface area contributed by atoms with E-state index in [-0.39, 0.29) is 6.61 Å². The standard InChI is InChI=1S/C11H16O2/c1-9-3-2-4-10(7-9)5-6-11(13)8-12/h2-4,7,11-13H,5-6,8H2,1H3. The summed E-state index contributed by atoms with van der Waals surface area (Å²) in [6.45, 7) is 1.90. The predicted molar refractivity (Wildman–Crippen MR) is 52.6 cm³/mol. The third kappa shape index (κ3) is 3.57. The Morgan fingerprint density at radius 3 is 2.77 bits per heavy atom. The summed E-state index contributed by atoms with van der Waals surface area (Å²) in [6.07, 6.45) is 0.865. The third-order valence-corrected chi connectivity index (χ3v) is 2.06. The van der Waals surface area contributed by atoms with Gasteiger partial charge in [-0.3, -0.25) is 0 Å². The number of hydrogen-bond donors (Lipinski definition) is 2. The van der Waals surface area contributed by atoms with E-state index in [9.17, 15) is 0 Å². The van der Waals surface area contributed by atoms with Crippen molar-refractivity contribution in [2.75, 3.05) is 6.61 Å². The molecule has 0 aromatic heterocycles. The molecule has 0 aliphatic carbocycles. The molecule has 1 rings (SSSR count). The van der Waals surface area contributed by atoms with Gasteiger partial charge in [0.1, 0.15) is 0 Å². The molecule has 0 aliphatic rings. The van der Waals surface area contributed by atoms with Crippen molar-refractivity contribution in [1.82, 2.24) is 0 Å². The maximum Gasteiger partial charge on any atom is 0.0774 e. The zero-order chi connectivity index (χ0) is 9.68. The molecule has 1 aromatic rings. The van der Waals surface area contributed by atoms with E-state index in [1.54, 1.807) is 0 Å². The number of benzene rings is 1. The van der Waals surface area contributed by atoms with Crippen LogP contribution < -0.4 is 0 Å². The zero-order valence-electron chi connectivity index (χ0n) is 7.90. The van der Waals surface area contributed by atoms with Crippen LogP contribution in [0.3, 0.4) is 0 Å². The Labute approximate surface area is 78.8 Å². The van der Waals surface area contributed by atoms with Gasteiger partial charge in [-0.05, 0) is 25.3 Å². The third-order valence-electron chi connectivity index (χ3n) is 2.06. The fourth-order valence-corrected chi connectivity index (χ4v) is 1.29. The summed E-state index contributed by atoms with van der Waals surface area (Å²) in [6, 6.07) is 8.20. The molecule has 2 nitrogen and oxygen atoms in total. The lowest BCUT2D eigenvalue weighted by molar-refractivity contribution is 0.0886. The first-order valence-electron chi connectivity index (χ1n) is 4.57. The SMILES string of the molecule is Cc1cccc(CCC(O)CO)c1. The van der Waals surface area contributed by atoms with Gasteiger partial charge in [-0.15, -0.1) is 0 Å². The van der Waals surface area contributed by atoms with Crippen LogP contribution in [0.25, 0.3) is 0 Å². The molecule has 0 saturated heterocycles. The molecular weight excluding hydrogens is 164 g/mol. The lowest BCUT2D eigenvalue weighted by atomic mass is 10.1. The first kappa shape index (κ1) is 10.2. The Kier molecular flexibility index (Phi) is 3.93. The second-order valence-electron chi connectivity index (χ2n) is 3.36. The van der Waals surface area contributed by atoms with E-state index in [1.807, 2.05) is 25.1 Å². The van der Waals surface area contributed by atoms with Crippen LogP contribution in [0.5, 0.6) is 0 Å². The van der Waals surface area contributed by atoms with E-state index in [1.165, 1.54) is 11.1 Å². The van der Waals surface area contributed by atoms with Crippen LogP contribution in [0.2, 0.25) is 0 Å². The van der Waals surface area contributed by atoms with Gasteiger partial charge < -0.3 is 10.2 Å². The van der Waals surface area contributed by atoms with Crippen LogP contribution in [0.4, 0.5) is 0 Å². The summed E-state index contributed by atoms with van der Waals surface area (Å²) in [7, 11) is 0. The quantitative estimate of drug-likeness (QED) is 0.732. The van der Waals surface area contributed by atoms with Crippen LogP contribution in [0.1, 0.15) is 17.5 Å². The molecule has 72 valence electrons. The maximum absolute atomic E-state index is 9.14. The van der Waals surface area contributed by atoms with Crippen molar-refractivity contribution < 1.29 is 10.2 Å². The van der Waals surface area contributed by atoms with Gasteiger partial charge in [-0.25, -0.2) is 0 Å². The van der Waals surface area contributed by atoms with E-state index >= 15 is 0 Å². The summed E-state index contributed by atoms with van der Waals surface area (Å²) in [5.74, 6) is 0. The largest absolute Gasteiger partial charge is 0.394 e. The highest BCUT2D eigenvalue weighted by Crippen LogP contribution is 2.07. The molecule has 0 bridgehead atoms. The smallest absolute Gasteiger partial charge is 0.0774 e. The minimum Gasteiger partial charge on any atom is -0.394 e. The van der Waals surface area contributed by atoms with Crippen molar-refractivity contribution in [1.29, 1.82) is 0 Å². The van der Waals surface area contributed by atoms with Crippen molar-refractivity contribution in [3.05, 3.63) is 35.4 Å². The van der Waals surface area contributed by atoms with Gasteiger partial charge >= 0.3 is 0 Å². The number of aliphatic hydroxyl groups excluding tert-OH is 2. The van der Waals surface area contributed by atoms with Crippen LogP contribution >= 0.6 is 0 Å². The van der Waals surface area contributed by atoms with Crippen LogP contribution in [-0.2, 0) is 6.42 Å². The molecule has 0 saturated carbocycles. The monoisotopic (exact) mass is 180 g/mol. The average molecular weight is 180 g/mol. The van der Waals surface area contributed by atoms with Gasteiger partial charge in [0.15, 0.2) is 0 Å². The molecule has 0 fully saturated rings. The van der Waals surface area contributed by atoms with Crippen molar-refractivity contribution in [2.24, 2.45) is 0 Å². The van der Waals surface area contributed by atoms with Crippen molar-refractivity contribution in [3.63, 3.8) is 0 Å². The Morgan fingerprint density at radius 2 is 2.15 bits per heavy atom. The van der Waals surface area contributed by atoms with E-state index in [2.05, 4.69) is 6.07 Å². The van der Waals surface area contributed by atoms with Gasteiger partial charge in [0.25, 0.3) is 0 Å². The highest BCUT2D eigenvalue weighted by atomic mass is 16.3. The number of aryl methyl sites for hydroxylation is 2. The lowest BCUT2D eigenvalue weighted by Gasteiger charge is -2.06. The molecule has 1 unspecified atom stereocenters. The first-order chi connectivity index (χ1) is 6.22. The van der Waals surface area contributed by atoms with E-state index < -0.39 is 6.10 Å². The second kappa shape index (κ2) is 5.00. The Bertz CT molecular complexity index is 258. The van der Waals surface area contributed by atoms with E-state index in [0.29, 0.717) is 6.42 Å². The number of aliphatic hydroxyl groups is 2. The normalized spacial score (nSPS) is 12.8. The van der Waals surface area contributed by atoms with Crippen LogP contribution in [0, 0.1) is 6.92 Å². The first-order valence-corrected chi connectivity index (χ1v) is 4.57. The number of hydrogen-bond acceptors (Lipinski definition) is 2. The number of rotatable bonds is 4. The van der Waals surface area contributed by atoms with Crippen LogP contribution in [0.15, 0.2) is 24.3 Å². The Morgan fingerprint density at radius 1 is 1.38 bits per heavy atom. The molecular formula is C11H16O2. The van der Waals surface area contributed by atoms with Crippen molar-refractivity contribution in [3.8, 4) is 0 Å². The Balaban J connectivity index is 2.45. The van der Waals surface area contributed by atoms with Crippen LogP contribution in [-0.4, -0.2) is 22.9 Å². The molecule has 0 aliphatic heterocycles. The molecule has 0 spiro atoms. The zero-order valence-corrected chi connectivity index (χ0v) is 7.90. The fraction of sp³-hybridized carbons (Fsp3) is 0.455. The summed E-state index contributed by atoms with van der Waals surface area (Å²) in [5, 5.41) is 17.8. The highest BCUT2D eigenvalue weighted by molar-refractivity contribution is 5.22. The topological polar surface area (TPSA) is 40.5 Å². The molecule has 0 radical (unpaired) electrons. The minimum atomic E-state index is -0.583. The Hall–Kier alpha value is -0.860. The van der Waals surface area contributed by atoms with Gasteiger partial charge in [-0.1, -0.05) is 29.8 Å². The fourth-order valence-electron chi connectivity index (χ4n) is 1.29. The molecule has 1 aromatic carbocycles. The van der Waals surface area contributed by atoms with E-state index in [4.69, 9.17) is 10.2 Å². The average Bonchev–Trinajstić information content (AvgIpc) is 2.14. The molecule has 1 atom stereocenters. The lowest BCUT2D eigenvalue weighted by Crippen LogP contribution is -2.12. The van der Waals surface area contributed by atoms with Gasteiger partial charge in [0, 0.05) is 0 Å². The molecule has 2 heteroatoms. The summed E-state index contributed by atoms with van der Waals surface area (Å²) in [5.41, 5.74) is 2.45. The van der Waals surface area contributed by atoms with Gasteiger partial charge in [0.2, 0.25) is 0 Å². The minimum absolute atomic E-state index is 0.147. The highest BCUT2D eigenvalue weighted by Gasteiger charge is 2.01. The predicted octanol–water partition coefficient (Wildman–Crippen LogP) is 1.28. The summed E-state index contributed by atoms with van der Waals surface area (Å²) < 4.78 is 0. The van der Waals surface area contributed by atoms with Crippen molar-refractivity contribution in [2.45, 2.75) is 25.9 Å². The molecule has 2 N–H and O–H groups in total. The summed E-state index contributed by atoms with van der Waals surface area (Å²) in [4.78, 5) is 0. The maximum atomic E-state index is 9.14. The van der Waals surface area contributed by atoms with Gasteiger partial charge in [0.05, 0.1) is 12.7 Å². The summed E-state index contributed by atoms with van der Waals surface area (Å²) >= 11 is 0. The molecule has 13 heavy (non-hydrogen) atoms. The van der Waals surface area contributed by atoms with E-state index in [0.717, 1.165) is 6.42 Å².